The molecule has 15 heteroatoms. The number of esters is 1. The fraction of sp³-hybridized carbons (Fsp3) is 0.552. The number of hydrazine groups is 1. The van der Waals surface area contributed by atoms with Gasteiger partial charge < -0.3 is 40.1 Å². The lowest BCUT2D eigenvalue weighted by molar-refractivity contribution is -0.940. The van der Waals surface area contributed by atoms with Crippen molar-refractivity contribution in [3.63, 3.8) is 0 Å². The number of nitrogens with two attached hydrogens (primary N) is 2. The number of hydrogen-bond acceptors (Lipinski definition) is 12. The molecule has 73 heavy (non-hydrogen) atoms. The van der Waals surface area contributed by atoms with E-state index in [1.54, 1.807) is 33.0 Å². The third-order valence-electron chi connectivity index (χ3n) is 13.9. The summed E-state index contributed by atoms with van der Waals surface area (Å²) in [6.45, 7) is 15.9. The van der Waals surface area contributed by atoms with Crippen LogP contribution in [-0.2, 0) is 52.9 Å². The van der Waals surface area contributed by atoms with Crippen molar-refractivity contribution in [2.24, 2.45) is 46.6 Å². The summed E-state index contributed by atoms with van der Waals surface area (Å²) in [5, 5.41) is 7.50. The number of carbonyl (C=O) groups excluding carboxylic acids is 6. The number of benzene rings is 3. The molecule has 1 aliphatic heterocycles. The van der Waals surface area contributed by atoms with Crippen LogP contribution in [0, 0.1) is 35.0 Å². The Morgan fingerprint density at radius 3 is 1.95 bits per heavy atom. The predicted octanol–water partition coefficient (Wildman–Crippen LogP) is 7.04. The molecule has 1 heterocycles. The number of hydrogen-bond donors (Lipinski definition) is 4. The van der Waals surface area contributed by atoms with Gasteiger partial charge in [-0.1, -0.05) is 109 Å². The quantitative estimate of drug-likeness (QED) is 0.0174. The van der Waals surface area contributed by atoms with Crippen molar-refractivity contribution in [1.29, 1.82) is 0 Å². The highest BCUT2D eigenvalue weighted by Gasteiger charge is 2.48. The molecule has 1 saturated carbocycles. The van der Waals surface area contributed by atoms with Gasteiger partial charge in [-0.3, -0.25) is 28.8 Å². The van der Waals surface area contributed by atoms with E-state index in [1.807, 2.05) is 101 Å². The minimum absolute atomic E-state index is 0.0155. The molecule has 2 aliphatic rings. The molecule has 4 atom stereocenters. The van der Waals surface area contributed by atoms with E-state index in [1.165, 1.54) is 11.2 Å². The van der Waals surface area contributed by atoms with Gasteiger partial charge in [-0.25, -0.2) is 5.84 Å². The fourth-order valence-corrected chi connectivity index (χ4v) is 9.47. The standard InChI is InChI=1S/C58H82N6O9/c1-39(2)29-49(51(66)34-46(31-43-17-13-10-14-18-43)56(69)62-50(30-40(3)4)54(67)58(7)23-24-58)61-55(68)45(21-19-42-15-11-9-12-16-42)33-48(65)37-64(25-27-71-28-26-64)36-44-20-22-52(73-57(70)41(5)6)53(32-44)72-38-47(59)35-63(8)60/h9-18,20,22,32,35,39-41,45-46,49-50H,19,21,23-31,33-34,36-38,59-60H2,1-8H3,(H-,61,62,68,69)/p+1/b47-35-/t45-,46-,49+,50+/m1/s1. The summed E-state index contributed by atoms with van der Waals surface area (Å²) in [4.78, 5) is 84.7. The summed E-state index contributed by atoms with van der Waals surface area (Å²) in [5.74, 6) is 3.05. The average Bonchev–Trinajstić information content (AvgIpc) is 4.09. The SMILES string of the molecule is CC(C)C[C@H](NC(=O)[C@H](CCc1ccccc1)CC(=O)C[N+]1(Cc2ccc(OC(=O)C(C)C)c(OC/C(N)=C/N(C)N)c2)CCOCC1)C(=O)C[C@@H](Cc1ccccc1)C(=O)N[C@@H](CC(C)C)C(=O)C1(C)CC1. The molecular weight excluding hydrogens is 925 g/mol. The van der Waals surface area contributed by atoms with Crippen LogP contribution in [0.15, 0.2) is 90.8 Å². The Kier molecular flexibility index (Phi) is 21.8. The Bertz CT molecular complexity index is 2340. The number of aryl methyl sites for hydroxylation is 1. The highest BCUT2D eigenvalue weighted by molar-refractivity contribution is 5.97. The molecule has 1 aliphatic carbocycles. The van der Waals surface area contributed by atoms with Crippen LogP contribution in [0.5, 0.6) is 11.5 Å². The van der Waals surface area contributed by atoms with Crippen LogP contribution in [0.4, 0.5) is 0 Å². The number of ether oxygens (including phenoxy) is 3. The Morgan fingerprint density at radius 2 is 1.36 bits per heavy atom. The number of amides is 2. The van der Waals surface area contributed by atoms with Crippen molar-refractivity contribution in [1.82, 2.24) is 15.6 Å². The molecule has 2 amide bonds. The molecule has 15 nitrogen and oxygen atoms in total. The van der Waals surface area contributed by atoms with Gasteiger partial charge in [0, 0.05) is 48.9 Å². The summed E-state index contributed by atoms with van der Waals surface area (Å²) in [7, 11) is 1.64. The van der Waals surface area contributed by atoms with E-state index in [0.29, 0.717) is 74.5 Å². The molecule has 0 bridgehead atoms. The Labute approximate surface area is 433 Å². The van der Waals surface area contributed by atoms with Crippen LogP contribution >= 0.6 is 0 Å². The Morgan fingerprint density at radius 1 is 0.767 bits per heavy atom. The van der Waals surface area contributed by atoms with E-state index in [0.717, 1.165) is 29.5 Å². The maximum absolute atomic E-state index is 14.7. The summed E-state index contributed by atoms with van der Waals surface area (Å²) < 4.78 is 18.0. The molecule has 1 saturated heterocycles. The summed E-state index contributed by atoms with van der Waals surface area (Å²) >= 11 is 0. The van der Waals surface area contributed by atoms with Gasteiger partial charge in [0.15, 0.2) is 28.8 Å². The number of nitrogens with zero attached hydrogens (tertiary/aromatic N) is 2. The highest BCUT2D eigenvalue weighted by Crippen LogP contribution is 2.47. The van der Waals surface area contributed by atoms with Gasteiger partial charge in [0.05, 0.1) is 36.9 Å². The van der Waals surface area contributed by atoms with Crippen molar-refractivity contribution in [3.05, 3.63) is 107 Å². The van der Waals surface area contributed by atoms with Gasteiger partial charge in [-0.15, -0.1) is 0 Å². The molecule has 0 spiro atoms. The molecule has 5 rings (SSSR count). The van der Waals surface area contributed by atoms with Gasteiger partial charge >= 0.3 is 5.97 Å². The van der Waals surface area contributed by atoms with Gasteiger partial charge in [-0.05, 0) is 86.1 Å². The van der Waals surface area contributed by atoms with Crippen LogP contribution in [-0.4, -0.2) is 103 Å². The first-order chi connectivity index (χ1) is 34.6. The zero-order chi connectivity index (χ0) is 53.3. The van der Waals surface area contributed by atoms with Crippen molar-refractivity contribution in [2.75, 3.05) is 46.5 Å². The largest absolute Gasteiger partial charge is 0.483 e. The second-order valence-corrected chi connectivity index (χ2v) is 22.1. The third kappa shape index (κ3) is 18.8. The zero-order valence-electron chi connectivity index (χ0n) is 44.7. The Hall–Kier alpha value is -5.90. The first-order valence-electron chi connectivity index (χ1n) is 26.3. The van der Waals surface area contributed by atoms with Crippen molar-refractivity contribution in [2.45, 2.75) is 125 Å². The van der Waals surface area contributed by atoms with Crippen molar-refractivity contribution in [3.8, 4) is 11.5 Å². The second-order valence-electron chi connectivity index (χ2n) is 22.1. The molecule has 6 N–H and O–H groups in total. The molecule has 0 aromatic heterocycles. The normalized spacial score (nSPS) is 16.7. The van der Waals surface area contributed by atoms with E-state index >= 15 is 0 Å². The number of carbonyl (C=O) groups is 6. The number of nitrogens with one attached hydrogen (secondary N) is 2. The maximum Gasteiger partial charge on any atom is 0.313 e. The van der Waals surface area contributed by atoms with Crippen LogP contribution < -0.4 is 31.7 Å². The summed E-state index contributed by atoms with van der Waals surface area (Å²) in [5.41, 5.74) is 8.79. The molecular formula is C58H83N6O9+. The van der Waals surface area contributed by atoms with Crippen LogP contribution in [0.1, 0.15) is 110 Å². The van der Waals surface area contributed by atoms with Gasteiger partial charge in [0.1, 0.15) is 32.8 Å². The lowest BCUT2D eigenvalue weighted by Crippen LogP contribution is -2.57. The lowest BCUT2D eigenvalue weighted by atomic mass is 9.87. The lowest BCUT2D eigenvalue weighted by Gasteiger charge is -2.41. The predicted molar refractivity (Wildman–Crippen MR) is 282 cm³/mol. The number of quaternary nitrogens is 1. The molecule has 0 radical (unpaired) electrons. The van der Waals surface area contributed by atoms with Crippen molar-refractivity contribution < 1.29 is 47.5 Å². The second kappa shape index (κ2) is 27.4. The van der Waals surface area contributed by atoms with Crippen molar-refractivity contribution >= 4 is 35.1 Å². The monoisotopic (exact) mass is 1010 g/mol. The summed E-state index contributed by atoms with van der Waals surface area (Å²) in [6, 6.07) is 23.1. The van der Waals surface area contributed by atoms with E-state index in [4.69, 9.17) is 25.8 Å². The van der Waals surface area contributed by atoms with Crippen LogP contribution in [0.2, 0.25) is 0 Å². The van der Waals surface area contributed by atoms with E-state index in [2.05, 4.69) is 10.6 Å². The third-order valence-corrected chi connectivity index (χ3v) is 13.9. The molecule has 2 fully saturated rings. The zero-order valence-corrected chi connectivity index (χ0v) is 44.7. The highest BCUT2D eigenvalue weighted by atomic mass is 16.6. The number of rotatable bonds is 30. The molecule has 398 valence electrons. The van der Waals surface area contributed by atoms with Gasteiger partial charge in [-0.2, -0.15) is 0 Å². The van der Waals surface area contributed by atoms with E-state index in [-0.39, 0.29) is 85.1 Å². The topological polar surface area (TPSA) is 209 Å². The average molecular weight is 1010 g/mol. The van der Waals surface area contributed by atoms with Gasteiger partial charge in [0.2, 0.25) is 11.8 Å². The van der Waals surface area contributed by atoms with Crippen LogP contribution in [0.3, 0.4) is 0 Å². The first-order valence-corrected chi connectivity index (χ1v) is 26.3. The van der Waals surface area contributed by atoms with E-state index < -0.39 is 35.3 Å². The fourth-order valence-electron chi connectivity index (χ4n) is 9.47. The number of Topliss-reactive ketones (excluding diaryl/α,β-unsaturated/α-hetero) is 3. The number of morpholine rings is 1. The Balaban J connectivity index is 1.38. The summed E-state index contributed by atoms with van der Waals surface area (Å²) in [6.07, 6.45) is 4.93. The maximum atomic E-state index is 14.7. The minimum Gasteiger partial charge on any atom is -0.483 e. The molecule has 0 unspecified atom stereocenters. The first kappa shape index (κ1) is 58.0. The van der Waals surface area contributed by atoms with Gasteiger partial charge in [0.25, 0.3) is 0 Å². The smallest absolute Gasteiger partial charge is 0.313 e. The van der Waals surface area contributed by atoms with Crippen LogP contribution in [0.25, 0.3) is 0 Å². The molecule has 3 aromatic rings. The minimum atomic E-state index is -0.912. The van der Waals surface area contributed by atoms with E-state index in [9.17, 15) is 28.8 Å². The molecule has 3 aromatic carbocycles. The number of ketones is 3.